The van der Waals surface area contributed by atoms with Gasteiger partial charge in [0.05, 0.1) is 0 Å². The fourth-order valence-electron chi connectivity index (χ4n) is 1.15. The van der Waals surface area contributed by atoms with E-state index in [-0.39, 0.29) is 0 Å². The third-order valence-corrected chi connectivity index (χ3v) is 5.61. The second kappa shape index (κ2) is 4.75. The lowest BCUT2D eigenvalue weighted by Gasteiger charge is -2.16. The zero-order valence-corrected chi connectivity index (χ0v) is 9.91. The largest absolute Gasteiger partial charge is 0.347 e. The van der Waals surface area contributed by atoms with Crippen molar-refractivity contribution in [2.24, 2.45) is 0 Å². The maximum Gasteiger partial charge on any atom is 0.347 e. The molecule has 0 fully saturated rings. The van der Waals surface area contributed by atoms with E-state index in [0.717, 1.165) is 0 Å². The molecule has 7 nitrogen and oxygen atoms in total. The van der Waals surface area contributed by atoms with Crippen LogP contribution in [0.1, 0.15) is 0 Å². The summed E-state index contributed by atoms with van der Waals surface area (Å²) in [6, 6.07) is 4.87. The molecule has 4 N–H and O–H groups in total. The van der Waals surface area contributed by atoms with E-state index < -0.39 is 27.1 Å². The van der Waals surface area contributed by atoms with E-state index >= 15 is 0 Å². The highest BCUT2D eigenvalue weighted by Gasteiger charge is 2.46. The molecular weight excluding hydrogens is 256 g/mol. The summed E-state index contributed by atoms with van der Waals surface area (Å²) in [5.41, 5.74) is 0. The minimum atomic E-state index is -4.85. The standard InChI is InChI=1S/C7H11NO6P2/c9-15(10,11)7(16(12,13)14)6-8-4-2-1-3-5-8/h1-5,7H,6H2,(H3-,9,10,11,12,13,14)/p+1. The lowest BCUT2D eigenvalue weighted by Crippen LogP contribution is -2.38. The average molecular weight is 268 g/mol. The van der Waals surface area contributed by atoms with Crippen molar-refractivity contribution >= 4 is 15.2 Å². The van der Waals surface area contributed by atoms with Gasteiger partial charge in [-0.15, -0.1) is 0 Å². The predicted molar refractivity (Wildman–Crippen MR) is 54.5 cm³/mol. The van der Waals surface area contributed by atoms with Crippen molar-refractivity contribution in [1.29, 1.82) is 0 Å². The third kappa shape index (κ3) is 3.79. The lowest BCUT2D eigenvalue weighted by atomic mass is 10.5. The van der Waals surface area contributed by atoms with Crippen molar-refractivity contribution in [2.45, 2.75) is 11.9 Å². The topological polar surface area (TPSA) is 119 Å². The van der Waals surface area contributed by atoms with Crippen LogP contribution in [-0.4, -0.2) is 25.0 Å². The van der Waals surface area contributed by atoms with Gasteiger partial charge in [0.2, 0.25) is 5.40 Å². The molecule has 0 aliphatic heterocycles. The van der Waals surface area contributed by atoms with Crippen molar-refractivity contribution in [3.8, 4) is 0 Å². The molecule has 0 aliphatic carbocycles. The van der Waals surface area contributed by atoms with Crippen LogP contribution in [0.2, 0.25) is 0 Å². The molecule has 16 heavy (non-hydrogen) atoms. The third-order valence-electron chi connectivity index (χ3n) is 1.93. The summed E-state index contributed by atoms with van der Waals surface area (Å²) in [5.74, 6) is 0. The van der Waals surface area contributed by atoms with E-state index in [4.69, 9.17) is 19.6 Å². The van der Waals surface area contributed by atoms with Gasteiger partial charge in [-0.05, 0) is 0 Å². The van der Waals surface area contributed by atoms with Gasteiger partial charge in [-0.3, -0.25) is 9.13 Å². The minimum Gasteiger partial charge on any atom is -0.324 e. The van der Waals surface area contributed by atoms with Gasteiger partial charge in [0.1, 0.15) is 0 Å². The number of aromatic nitrogens is 1. The molecular formula is C7H12NO6P2+. The second-order valence-electron chi connectivity index (χ2n) is 3.23. The Labute approximate surface area is 91.7 Å². The van der Waals surface area contributed by atoms with Crippen LogP contribution in [0.4, 0.5) is 0 Å². The van der Waals surface area contributed by atoms with Crippen molar-refractivity contribution in [1.82, 2.24) is 0 Å². The molecule has 0 amide bonds. The highest BCUT2D eigenvalue weighted by molar-refractivity contribution is 7.70. The molecule has 0 atom stereocenters. The van der Waals surface area contributed by atoms with Crippen LogP contribution in [0.5, 0.6) is 0 Å². The molecule has 1 heterocycles. The summed E-state index contributed by atoms with van der Waals surface area (Å²) in [7, 11) is -9.69. The van der Waals surface area contributed by atoms with Crippen LogP contribution in [-0.2, 0) is 15.7 Å². The Balaban J connectivity index is 2.99. The van der Waals surface area contributed by atoms with E-state index in [0.29, 0.717) is 0 Å². The zero-order valence-electron chi connectivity index (χ0n) is 8.12. The summed E-state index contributed by atoms with van der Waals surface area (Å²) >= 11 is 0. The number of hydrogen-bond donors (Lipinski definition) is 4. The zero-order chi connectivity index (χ0) is 12.4. The normalized spacial score (nSPS) is 13.1. The summed E-state index contributed by atoms with van der Waals surface area (Å²) in [4.78, 5) is 35.5. The van der Waals surface area contributed by atoms with Crippen molar-refractivity contribution in [2.75, 3.05) is 0 Å². The first-order valence-corrected chi connectivity index (χ1v) is 7.62. The van der Waals surface area contributed by atoms with Gasteiger partial charge in [-0.1, -0.05) is 6.07 Å². The van der Waals surface area contributed by atoms with E-state index in [2.05, 4.69) is 0 Å². The molecule has 1 aromatic rings. The van der Waals surface area contributed by atoms with Crippen molar-refractivity contribution < 1.29 is 33.3 Å². The number of pyridine rings is 1. The molecule has 9 heteroatoms. The summed E-state index contributed by atoms with van der Waals surface area (Å²) in [6.07, 6.45) is 2.94. The highest BCUT2D eigenvalue weighted by Crippen LogP contribution is 2.59. The summed E-state index contributed by atoms with van der Waals surface area (Å²) < 4.78 is 23.3. The van der Waals surface area contributed by atoms with Crippen LogP contribution < -0.4 is 4.57 Å². The first kappa shape index (κ1) is 13.5. The highest BCUT2D eigenvalue weighted by atomic mass is 31.2. The summed E-state index contributed by atoms with van der Waals surface area (Å²) in [6.45, 7) is -0.435. The van der Waals surface area contributed by atoms with Gasteiger partial charge >= 0.3 is 15.2 Å². The van der Waals surface area contributed by atoms with Gasteiger partial charge in [0.25, 0.3) is 0 Å². The van der Waals surface area contributed by atoms with E-state index in [9.17, 15) is 9.13 Å². The van der Waals surface area contributed by atoms with E-state index in [1.807, 2.05) is 0 Å². The molecule has 0 saturated carbocycles. The average Bonchev–Trinajstić information content (AvgIpc) is 2.12. The van der Waals surface area contributed by atoms with Crippen LogP contribution in [0.15, 0.2) is 30.6 Å². The predicted octanol–water partition coefficient (Wildman–Crippen LogP) is -0.344. The number of rotatable bonds is 4. The Morgan fingerprint density at radius 2 is 1.38 bits per heavy atom. The van der Waals surface area contributed by atoms with Gasteiger partial charge < -0.3 is 19.6 Å². The molecule has 90 valence electrons. The Kier molecular flexibility index (Phi) is 4.02. The Bertz CT molecular complexity index is 415. The van der Waals surface area contributed by atoms with E-state index in [1.165, 1.54) is 17.0 Å². The van der Waals surface area contributed by atoms with Gasteiger partial charge in [-0.2, -0.15) is 0 Å². The Hall–Kier alpha value is -0.550. The van der Waals surface area contributed by atoms with Crippen molar-refractivity contribution in [3.05, 3.63) is 30.6 Å². The van der Waals surface area contributed by atoms with Crippen molar-refractivity contribution in [3.63, 3.8) is 0 Å². The smallest absolute Gasteiger partial charge is 0.324 e. The quantitative estimate of drug-likeness (QED) is 0.438. The van der Waals surface area contributed by atoms with E-state index in [1.54, 1.807) is 18.2 Å². The fourth-order valence-corrected chi connectivity index (χ4v) is 3.52. The van der Waals surface area contributed by atoms with Crippen LogP contribution in [0.3, 0.4) is 0 Å². The number of nitrogens with zero attached hydrogens (tertiary/aromatic N) is 1. The van der Waals surface area contributed by atoms with Crippen LogP contribution in [0.25, 0.3) is 0 Å². The second-order valence-corrected chi connectivity index (χ2v) is 7.24. The van der Waals surface area contributed by atoms with Gasteiger partial charge in [0.15, 0.2) is 18.9 Å². The first-order valence-electron chi connectivity index (χ1n) is 4.26. The lowest BCUT2D eigenvalue weighted by molar-refractivity contribution is -0.694. The molecule has 0 radical (unpaired) electrons. The molecule has 1 rings (SSSR count). The Morgan fingerprint density at radius 3 is 1.75 bits per heavy atom. The maximum atomic E-state index is 11.0. The van der Waals surface area contributed by atoms with Crippen LogP contribution >= 0.6 is 15.2 Å². The van der Waals surface area contributed by atoms with Gasteiger partial charge in [0, 0.05) is 12.1 Å². The monoisotopic (exact) mass is 268 g/mol. The molecule has 0 aromatic carbocycles. The van der Waals surface area contributed by atoms with Gasteiger partial charge in [-0.25, -0.2) is 4.57 Å². The van der Waals surface area contributed by atoms with Crippen LogP contribution in [0, 0.1) is 0 Å². The Morgan fingerprint density at radius 1 is 0.938 bits per heavy atom. The fraction of sp³-hybridized carbons (Fsp3) is 0.286. The molecule has 0 bridgehead atoms. The summed E-state index contributed by atoms with van der Waals surface area (Å²) in [5, 5.41) is -2.01. The molecule has 0 saturated heterocycles. The minimum absolute atomic E-state index is 0.435. The molecule has 0 aliphatic rings. The molecule has 0 spiro atoms. The SMILES string of the molecule is O=P(O)(O)C(C[n+]1ccccc1)P(=O)(O)O. The maximum absolute atomic E-state index is 11.0. The number of hydrogen-bond acceptors (Lipinski definition) is 2. The first-order chi connectivity index (χ1) is 7.21. The molecule has 1 aromatic heterocycles. The molecule has 0 unspecified atom stereocenters.